The van der Waals surface area contributed by atoms with Gasteiger partial charge in [0.15, 0.2) is 0 Å². The Balaban J connectivity index is 1.57. The van der Waals surface area contributed by atoms with Crippen molar-refractivity contribution < 1.29 is 32.6 Å². The third kappa shape index (κ3) is 3.32. The maximum atomic E-state index is 13.3. The summed E-state index contributed by atoms with van der Waals surface area (Å²) in [6.45, 7) is -0.166. The SMILES string of the molecule is O=C(O)C1CCC(C(F)(F)F)N1C(=O)OCC1c2ccccc2-c2ccccc21. The number of amides is 1. The number of aliphatic carboxylic acids is 1. The van der Waals surface area contributed by atoms with Crippen molar-refractivity contribution in [2.45, 2.75) is 37.0 Å². The molecule has 2 unspecified atom stereocenters. The molecule has 1 saturated heterocycles. The number of ether oxygens (including phenoxy) is 1. The smallest absolute Gasteiger partial charge is 0.411 e. The van der Waals surface area contributed by atoms with E-state index in [4.69, 9.17) is 4.74 Å². The molecule has 8 heteroatoms. The number of carboxylic acid groups (broad SMARTS) is 1. The van der Waals surface area contributed by atoms with Gasteiger partial charge >= 0.3 is 18.2 Å². The second kappa shape index (κ2) is 7.09. The van der Waals surface area contributed by atoms with Crippen LogP contribution in [0, 0.1) is 0 Å². The van der Waals surface area contributed by atoms with Crippen molar-refractivity contribution in [1.82, 2.24) is 4.90 Å². The first-order valence-corrected chi connectivity index (χ1v) is 9.22. The first-order chi connectivity index (χ1) is 13.8. The Morgan fingerprint density at radius 2 is 1.55 bits per heavy atom. The third-order valence-electron chi connectivity index (χ3n) is 5.59. The number of carboxylic acids is 1. The molecule has 0 aromatic heterocycles. The zero-order valence-corrected chi connectivity index (χ0v) is 15.2. The molecule has 2 aliphatic rings. The van der Waals surface area contributed by atoms with Gasteiger partial charge in [0.05, 0.1) is 0 Å². The average molecular weight is 405 g/mol. The normalized spacial score (nSPS) is 21.0. The molecule has 1 fully saturated rings. The van der Waals surface area contributed by atoms with Crippen molar-refractivity contribution in [3.63, 3.8) is 0 Å². The van der Waals surface area contributed by atoms with Crippen molar-refractivity contribution >= 4 is 12.1 Å². The van der Waals surface area contributed by atoms with Gasteiger partial charge in [-0.15, -0.1) is 0 Å². The van der Waals surface area contributed by atoms with E-state index in [1.54, 1.807) is 0 Å². The maximum absolute atomic E-state index is 13.3. The molecular weight excluding hydrogens is 387 g/mol. The summed E-state index contributed by atoms with van der Waals surface area (Å²) in [6, 6.07) is 11.4. The lowest BCUT2D eigenvalue weighted by atomic mass is 9.98. The summed E-state index contributed by atoms with van der Waals surface area (Å²) in [5, 5.41) is 9.24. The van der Waals surface area contributed by atoms with Crippen LogP contribution >= 0.6 is 0 Å². The maximum Gasteiger partial charge on any atom is 0.411 e. The number of alkyl halides is 3. The molecule has 1 N–H and O–H groups in total. The van der Waals surface area contributed by atoms with Crippen LogP contribution in [0.4, 0.5) is 18.0 Å². The quantitative estimate of drug-likeness (QED) is 0.821. The van der Waals surface area contributed by atoms with Gasteiger partial charge in [-0.3, -0.25) is 4.90 Å². The van der Waals surface area contributed by atoms with Crippen molar-refractivity contribution in [2.75, 3.05) is 6.61 Å². The number of halogens is 3. The molecule has 1 heterocycles. The number of fused-ring (bicyclic) bond motifs is 3. The highest BCUT2D eigenvalue weighted by Crippen LogP contribution is 2.45. The summed E-state index contributed by atoms with van der Waals surface area (Å²) in [5.41, 5.74) is 3.82. The molecule has 2 aromatic carbocycles. The van der Waals surface area contributed by atoms with Gasteiger partial charge in [-0.2, -0.15) is 13.2 Å². The monoisotopic (exact) mass is 405 g/mol. The molecule has 2 atom stereocenters. The lowest BCUT2D eigenvalue weighted by molar-refractivity contribution is -0.177. The van der Waals surface area contributed by atoms with Crippen LogP contribution in [-0.2, 0) is 9.53 Å². The Kier molecular flexibility index (Phi) is 4.72. The summed E-state index contributed by atoms with van der Waals surface area (Å²) in [4.78, 5) is 24.2. The van der Waals surface area contributed by atoms with E-state index >= 15 is 0 Å². The van der Waals surface area contributed by atoms with Crippen molar-refractivity contribution in [3.05, 3.63) is 59.7 Å². The summed E-state index contributed by atoms with van der Waals surface area (Å²) in [5.74, 6) is -1.79. The number of nitrogens with zero attached hydrogens (tertiary/aromatic N) is 1. The highest BCUT2D eigenvalue weighted by Gasteiger charge is 2.54. The van der Waals surface area contributed by atoms with Gasteiger partial charge in [-0.1, -0.05) is 48.5 Å². The average Bonchev–Trinajstić information content (AvgIpc) is 3.27. The molecule has 1 aliphatic heterocycles. The molecule has 29 heavy (non-hydrogen) atoms. The topological polar surface area (TPSA) is 66.8 Å². The number of likely N-dealkylation sites (tertiary alicyclic amines) is 1. The molecular formula is C21H18F3NO4. The van der Waals surface area contributed by atoms with Crippen LogP contribution in [0.3, 0.4) is 0 Å². The predicted octanol–water partition coefficient (Wildman–Crippen LogP) is 4.42. The van der Waals surface area contributed by atoms with Gasteiger partial charge in [0, 0.05) is 5.92 Å². The Morgan fingerprint density at radius 3 is 2.07 bits per heavy atom. The van der Waals surface area contributed by atoms with Gasteiger partial charge < -0.3 is 9.84 Å². The lowest BCUT2D eigenvalue weighted by Gasteiger charge is -2.29. The van der Waals surface area contributed by atoms with Crippen LogP contribution in [0.2, 0.25) is 0 Å². The molecule has 4 rings (SSSR count). The van der Waals surface area contributed by atoms with Crippen LogP contribution in [0.1, 0.15) is 29.9 Å². The van der Waals surface area contributed by atoms with Crippen LogP contribution in [0.5, 0.6) is 0 Å². The summed E-state index contributed by atoms with van der Waals surface area (Å²) >= 11 is 0. The second-order valence-corrected chi connectivity index (χ2v) is 7.20. The summed E-state index contributed by atoms with van der Waals surface area (Å²) < 4.78 is 45.2. The second-order valence-electron chi connectivity index (χ2n) is 7.20. The summed E-state index contributed by atoms with van der Waals surface area (Å²) in [7, 11) is 0. The van der Waals surface area contributed by atoms with E-state index in [2.05, 4.69) is 0 Å². The van der Waals surface area contributed by atoms with Gasteiger partial charge in [-0.25, -0.2) is 9.59 Å². The van der Waals surface area contributed by atoms with E-state index in [9.17, 15) is 27.9 Å². The van der Waals surface area contributed by atoms with Crippen LogP contribution < -0.4 is 0 Å². The largest absolute Gasteiger partial charge is 0.480 e. The zero-order valence-electron chi connectivity index (χ0n) is 15.2. The number of hydrogen-bond donors (Lipinski definition) is 1. The first kappa shape index (κ1) is 19.3. The highest BCUT2D eigenvalue weighted by atomic mass is 19.4. The fourth-order valence-corrected chi connectivity index (χ4v) is 4.30. The van der Waals surface area contributed by atoms with Crippen molar-refractivity contribution in [2.24, 2.45) is 0 Å². The third-order valence-corrected chi connectivity index (χ3v) is 5.59. The lowest BCUT2D eigenvalue weighted by Crippen LogP contribution is -2.50. The van der Waals surface area contributed by atoms with E-state index in [1.165, 1.54) is 0 Å². The minimum absolute atomic E-state index is 0.166. The Bertz CT molecular complexity index is 913. The van der Waals surface area contributed by atoms with Gasteiger partial charge in [-0.05, 0) is 35.1 Å². The number of rotatable bonds is 3. The minimum atomic E-state index is -4.71. The van der Waals surface area contributed by atoms with E-state index in [-0.39, 0.29) is 18.9 Å². The molecule has 5 nitrogen and oxygen atoms in total. The predicted molar refractivity (Wildman–Crippen MR) is 97.4 cm³/mol. The van der Waals surface area contributed by atoms with Gasteiger partial charge in [0.1, 0.15) is 18.7 Å². The molecule has 152 valence electrons. The number of benzene rings is 2. The van der Waals surface area contributed by atoms with Crippen molar-refractivity contribution in [1.29, 1.82) is 0 Å². The van der Waals surface area contributed by atoms with Crippen LogP contribution in [0.15, 0.2) is 48.5 Å². The van der Waals surface area contributed by atoms with E-state index in [1.807, 2.05) is 48.5 Å². The van der Waals surface area contributed by atoms with Crippen molar-refractivity contribution in [3.8, 4) is 11.1 Å². The standard InChI is InChI=1S/C21H18F3NO4/c22-21(23,24)18-10-9-17(19(26)27)25(18)20(28)29-11-16-14-7-3-1-5-12(14)13-6-2-4-8-15(13)16/h1-8,16-18H,9-11H2,(H,26,27). The Morgan fingerprint density at radius 1 is 1.00 bits per heavy atom. The van der Waals surface area contributed by atoms with Gasteiger partial charge in [0.2, 0.25) is 0 Å². The fraction of sp³-hybridized carbons (Fsp3) is 0.333. The molecule has 0 bridgehead atoms. The number of hydrogen-bond acceptors (Lipinski definition) is 3. The molecule has 0 spiro atoms. The Hall–Kier alpha value is -3.03. The fourth-order valence-electron chi connectivity index (χ4n) is 4.30. The molecule has 1 aliphatic carbocycles. The van der Waals surface area contributed by atoms with Gasteiger partial charge in [0.25, 0.3) is 0 Å². The first-order valence-electron chi connectivity index (χ1n) is 9.22. The molecule has 0 radical (unpaired) electrons. The summed E-state index contributed by atoms with van der Waals surface area (Å²) in [6.07, 6.45) is -6.68. The van der Waals surface area contributed by atoms with E-state index < -0.39 is 36.7 Å². The molecule has 2 aromatic rings. The Labute approximate surface area is 164 Å². The zero-order chi connectivity index (χ0) is 20.8. The molecule has 1 amide bonds. The van der Waals surface area contributed by atoms with E-state index in [0.29, 0.717) is 4.90 Å². The molecule has 0 saturated carbocycles. The number of carbonyl (C=O) groups is 2. The van der Waals surface area contributed by atoms with Crippen LogP contribution in [-0.4, -0.2) is 46.9 Å². The minimum Gasteiger partial charge on any atom is -0.480 e. The van der Waals surface area contributed by atoms with E-state index in [0.717, 1.165) is 22.3 Å². The van der Waals surface area contributed by atoms with Crippen LogP contribution in [0.25, 0.3) is 11.1 Å². The number of carbonyl (C=O) groups excluding carboxylic acids is 1. The highest BCUT2D eigenvalue weighted by molar-refractivity contribution is 5.82.